The number of amides is 2. The van der Waals surface area contributed by atoms with Gasteiger partial charge in [0.05, 0.1) is 19.8 Å². The van der Waals surface area contributed by atoms with Crippen LogP contribution in [0.2, 0.25) is 0 Å². The molecule has 1 N–H and O–H groups in total. The van der Waals surface area contributed by atoms with Crippen LogP contribution in [0, 0.1) is 6.92 Å². The first-order valence-electron chi connectivity index (χ1n) is 9.98. The highest BCUT2D eigenvalue weighted by Gasteiger charge is 2.12. The van der Waals surface area contributed by atoms with E-state index in [0.717, 1.165) is 17.5 Å². The van der Waals surface area contributed by atoms with E-state index in [9.17, 15) is 9.59 Å². The molecule has 0 saturated heterocycles. The Hall–Kier alpha value is -3.35. The smallest absolute Gasteiger partial charge is 0.246 e. The molecule has 2 rings (SSSR count). The van der Waals surface area contributed by atoms with Crippen LogP contribution in [0.1, 0.15) is 31.4 Å². The molecular weight excluding hydrogens is 382 g/mol. The van der Waals surface area contributed by atoms with Gasteiger partial charge in [0, 0.05) is 19.3 Å². The van der Waals surface area contributed by atoms with Crippen molar-refractivity contribution in [2.45, 2.75) is 27.2 Å². The molecule has 2 aromatic rings. The van der Waals surface area contributed by atoms with Gasteiger partial charge < -0.3 is 19.7 Å². The molecule has 1 aromatic heterocycles. The minimum atomic E-state index is -0.312. The number of pyridine rings is 1. The molecule has 0 aliphatic carbocycles. The first-order valence-corrected chi connectivity index (χ1v) is 9.98. The number of aromatic nitrogens is 1. The lowest BCUT2D eigenvalue weighted by atomic mass is 10.2. The lowest BCUT2D eigenvalue weighted by Crippen LogP contribution is -2.34. The second kappa shape index (κ2) is 11.6. The third-order valence-electron chi connectivity index (χ3n) is 4.09. The highest BCUT2D eigenvalue weighted by Crippen LogP contribution is 2.29. The van der Waals surface area contributed by atoms with Gasteiger partial charge in [0.15, 0.2) is 11.5 Å². The molecule has 0 unspecified atom stereocenters. The minimum absolute atomic E-state index is 0.0766. The van der Waals surface area contributed by atoms with E-state index in [2.05, 4.69) is 10.3 Å². The molecule has 1 aromatic carbocycles. The molecule has 160 valence electrons. The molecule has 0 aliphatic heterocycles. The zero-order chi connectivity index (χ0) is 21.9. The summed E-state index contributed by atoms with van der Waals surface area (Å²) in [6, 6.07) is 9.12. The van der Waals surface area contributed by atoms with E-state index in [1.54, 1.807) is 25.4 Å². The van der Waals surface area contributed by atoms with E-state index < -0.39 is 0 Å². The zero-order valence-electron chi connectivity index (χ0n) is 18.0. The lowest BCUT2D eigenvalue weighted by Gasteiger charge is -2.15. The Balaban J connectivity index is 1.96. The van der Waals surface area contributed by atoms with E-state index in [1.807, 2.05) is 45.0 Å². The minimum Gasteiger partial charge on any atom is -0.490 e. The molecular formula is C23H29N3O4. The summed E-state index contributed by atoms with van der Waals surface area (Å²) in [6.07, 6.45) is 5.64. The summed E-state index contributed by atoms with van der Waals surface area (Å²) >= 11 is 0. The molecule has 7 heteroatoms. The van der Waals surface area contributed by atoms with Crippen molar-refractivity contribution in [2.75, 3.05) is 32.1 Å². The van der Waals surface area contributed by atoms with Gasteiger partial charge in [0.2, 0.25) is 11.8 Å². The number of benzene rings is 1. The van der Waals surface area contributed by atoms with Crippen LogP contribution in [0.25, 0.3) is 6.08 Å². The first kappa shape index (κ1) is 22.9. The Morgan fingerprint density at radius 3 is 2.63 bits per heavy atom. The van der Waals surface area contributed by atoms with Gasteiger partial charge in [-0.25, -0.2) is 4.98 Å². The Morgan fingerprint density at radius 2 is 1.93 bits per heavy atom. The maximum absolute atomic E-state index is 12.4. The van der Waals surface area contributed by atoms with Gasteiger partial charge in [0.25, 0.3) is 0 Å². The summed E-state index contributed by atoms with van der Waals surface area (Å²) in [4.78, 5) is 29.9. The summed E-state index contributed by atoms with van der Waals surface area (Å²) in [5.74, 6) is 1.19. The molecule has 0 fully saturated rings. The van der Waals surface area contributed by atoms with Gasteiger partial charge in [-0.15, -0.1) is 0 Å². The highest BCUT2D eigenvalue weighted by molar-refractivity contribution is 5.97. The molecule has 0 saturated carbocycles. The van der Waals surface area contributed by atoms with Crippen LogP contribution in [0.15, 0.2) is 42.6 Å². The number of anilines is 1. The van der Waals surface area contributed by atoms with Gasteiger partial charge >= 0.3 is 0 Å². The van der Waals surface area contributed by atoms with Crippen molar-refractivity contribution in [1.29, 1.82) is 0 Å². The molecule has 30 heavy (non-hydrogen) atoms. The lowest BCUT2D eigenvalue weighted by molar-refractivity contribution is -0.129. The fraction of sp³-hybridized carbons (Fsp3) is 0.348. The average Bonchev–Trinajstić information content (AvgIpc) is 2.71. The van der Waals surface area contributed by atoms with E-state index in [4.69, 9.17) is 9.47 Å². The summed E-state index contributed by atoms with van der Waals surface area (Å²) < 4.78 is 11.3. The van der Waals surface area contributed by atoms with Crippen LogP contribution >= 0.6 is 0 Å². The predicted octanol–water partition coefficient (Wildman–Crippen LogP) is 3.69. The average molecular weight is 412 g/mol. The van der Waals surface area contributed by atoms with Gasteiger partial charge in [-0.05, 0) is 61.7 Å². The van der Waals surface area contributed by atoms with Crippen molar-refractivity contribution < 1.29 is 19.1 Å². The maximum Gasteiger partial charge on any atom is 0.246 e. The van der Waals surface area contributed by atoms with Crippen molar-refractivity contribution in [2.24, 2.45) is 0 Å². The largest absolute Gasteiger partial charge is 0.490 e. The van der Waals surface area contributed by atoms with E-state index >= 15 is 0 Å². The summed E-state index contributed by atoms with van der Waals surface area (Å²) in [5, 5.41) is 2.69. The summed E-state index contributed by atoms with van der Waals surface area (Å²) in [7, 11) is 1.57. The summed E-state index contributed by atoms with van der Waals surface area (Å²) in [6.45, 7) is 6.91. The number of carbonyl (C=O) groups excluding carboxylic acids is 2. The van der Waals surface area contributed by atoms with Crippen molar-refractivity contribution in [1.82, 2.24) is 9.88 Å². The third-order valence-corrected chi connectivity index (χ3v) is 4.09. The number of hydrogen-bond donors (Lipinski definition) is 1. The van der Waals surface area contributed by atoms with Crippen molar-refractivity contribution >= 4 is 23.7 Å². The predicted molar refractivity (Wildman–Crippen MR) is 118 cm³/mol. The molecule has 0 spiro atoms. The molecule has 0 bridgehead atoms. The van der Waals surface area contributed by atoms with Gasteiger partial charge in [-0.2, -0.15) is 0 Å². The quantitative estimate of drug-likeness (QED) is 0.603. The molecule has 1 heterocycles. The number of aryl methyl sites for hydroxylation is 1. The van der Waals surface area contributed by atoms with Gasteiger partial charge in [-0.1, -0.05) is 13.0 Å². The Morgan fingerprint density at radius 1 is 1.13 bits per heavy atom. The Kier molecular flexibility index (Phi) is 8.87. The Bertz CT molecular complexity index is 896. The monoisotopic (exact) mass is 411 g/mol. The number of ether oxygens (including phenoxy) is 2. The number of likely N-dealkylation sites (N-methyl/N-ethyl adjacent to an activating group) is 1. The third kappa shape index (κ3) is 7.24. The van der Waals surface area contributed by atoms with E-state index in [0.29, 0.717) is 30.5 Å². The fourth-order valence-corrected chi connectivity index (χ4v) is 2.60. The second-order valence-corrected chi connectivity index (χ2v) is 6.78. The zero-order valence-corrected chi connectivity index (χ0v) is 18.0. The fourth-order valence-electron chi connectivity index (χ4n) is 2.60. The molecule has 7 nitrogen and oxygen atoms in total. The van der Waals surface area contributed by atoms with Crippen LogP contribution in [0.5, 0.6) is 11.5 Å². The van der Waals surface area contributed by atoms with Crippen LogP contribution in [0.3, 0.4) is 0 Å². The Labute approximate surface area is 177 Å². The number of carbonyl (C=O) groups is 2. The molecule has 0 aliphatic rings. The van der Waals surface area contributed by atoms with Crippen LogP contribution < -0.4 is 14.8 Å². The SMILES string of the molecule is CCCOc1ccc(/C=C/C(=O)N(C)CC(=O)Nc2cc(C)ccn2)cc1OCC. The summed E-state index contributed by atoms with van der Waals surface area (Å²) in [5.41, 5.74) is 1.79. The van der Waals surface area contributed by atoms with Crippen LogP contribution in [0.4, 0.5) is 5.82 Å². The standard InChI is InChI=1S/C23H29N3O4/c1-5-13-30-19-9-7-18(15-20(19)29-6-2)8-10-23(28)26(4)16-22(27)25-21-14-17(3)11-12-24-21/h7-12,14-15H,5-6,13,16H2,1-4H3,(H,24,25,27)/b10-8+. The molecule has 0 radical (unpaired) electrons. The van der Waals surface area contributed by atoms with E-state index in [1.165, 1.54) is 11.0 Å². The normalized spacial score (nSPS) is 10.7. The van der Waals surface area contributed by atoms with Crippen molar-refractivity contribution in [3.8, 4) is 11.5 Å². The van der Waals surface area contributed by atoms with Crippen molar-refractivity contribution in [3.63, 3.8) is 0 Å². The van der Waals surface area contributed by atoms with Crippen LogP contribution in [-0.2, 0) is 9.59 Å². The van der Waals surface area contributed by atoms with E-state index in [-0.39, 0.29) is 18.4 Å². The molecule has 2 amide bonds. The number of nitrogens with one attached hydrogen (secondary N) is 1. The van der Waals surface area contributed by atoms with Crippen molar-refractivity contribution in [3.05, 3.63) is 53.7 Å². The first-order chi connectivity index (χ1) is 14.4. The van der Waals surface area contributed by atoms with Crippen LogP contribution in [-0.4, -0.2) is 48.5 Å². The second-order valence-electron chi connectivity index (χ2n) is 6.78. The number of hydrogen-bond acceptors (Lipinski definition) is 5. The molecule has 0 atom stereocenters. The topological polar surface area (TPSA) is 80.8 Å². The number of rotatable bonds is 10. The van der Waals surface area contributed by atoms with Gasteiger partial charge in [0.1, 0.15) is 5.82 Å². The highest BCUT2D eigenvalue weighted by atomic mass is 16.5. The maximum atomic E-state index is 12.4. The van der Waals surface area contributed by atoms with Gasteiger partial charge in [-0.3, -0.25) is 9.59 Å². The number of nitrogens with zero attached hydrogens (tertiary/aromatic N) is 2.